The van der Waals surface area contributed by atoms with E-state index in [1.54, 1.807) is 6.07 Å². The molecule has 0 unspecified atom stereocenters. The van der Waals surface area contributed by atoms with Gasteiger partial charge in [0.2, 0.25) is 11.8 Å². The third-order valence-corrected chi connectivity index (χ3v) is 6.44. The summed E-state index contributed by atoms with van der Waals surface area (Å²) in [5.41, 5.74) is 1.41. The van der Waals surface area contributed by atoms with Crippen molar-refractivity contribution in [3.63, 3.8) is 0 Å². The quantitative estimate of drug-likeness (QED) is 0.460. The summed E-state index contributed by atoms with van der Waals surface area (Å²) in [6, 6.07) is 18.8. The molecule has 1 heterocycles. The summed E-state index contributed by atoms with van der Waals surface area (Å²) in [7, 11) is 0. The maximum absolute atomic E-state index is 12.7. The largest absolute Gasteiger partial charge is 0.506 e. The number of hydrogen-bond donors (Lipinski definition) is 3. The zero-order valence-corrected chi connectivity index (χ0v) is 19.3. The van der Waals surface area contributed by atoms with Gasteiger partial charge >= 0.3 is 0 Å². The van der Waals surface area contributed by atoms with Crippen LogP contribution in [0.15, 0.2) is 60.7 Å². The molecular weight excluding hydrogens is 438 g/mol. The second kappa shape index (κ2) is 10.2. The number of amides is 2. The number of rotatable bonds is 6. The van der Waals surface area contributed by atoms with Gasteiger partial charge < -0.3 is 15.7 Å². The Labute approximate surface area is 198 Å². The monoisotopic (exact) mass is 465 g/mol. The molecule has 2 amide bonds. The van der Waals surface area contributed by atoms with Crippen LogP contribution >= 0.6 is 11.6 Å². The van der Waals surface area contributed by atoms with Crippen LogP contribution in [0.1, 0.15) is 31.4 Å². The normalized spacial score (nSPS) is 15.8. The molecule has 3 N–H and O–H groups in total. The van der Waals surface area contributed by atoms with Gasteiger partial charge in [-0.1, -0.05) is 54.1 Å². The molecule has 0 aliphatic carbocycles. The summed E-state index contributed by atoms with van der Waals surface area (Å²) in [6.07, 6.45) is 1.30. The van der Waals surface area contributed by atoms with Gasteiger partial charge in [-0.25, -0.2) is 0 Å². The van der Waals surface area contributed by atoms with Crippen molar-refractivity contribution in [1.82, 2.24) is 10.2 Å². The van der Waals surface area contributed by atoms with Crippen molar-refractivity contribution >= 4 is 39.9 Å². The number of phenolic OH excluding ortho intramolecular Hbond substituents is 1. The summed E-state index contributed by atoms with van der Waals surface area (Å²) in [4.78, 5) is 27.4. The number of carbonyl (C=O) groups excluding carboxylic acids is 2. The Hall–Kier alpha value is -3.09. The van der Waals surface area contributed by atoms with Gasteiger partial charge in [0.05, 0.1) is 18.3 Å². The van der Waals surface area contributed by atoms with Crippen LogP contribution < -0.4 is 10.6 Å². The molecule has 7 heteroatoms. The lowest BCUT2D eigenvalue weighted by Crippen LogP contribution is -2.43. The van der Waals surface area contributed by atoms with Crippen molar-refractivity contribution < 1.29 is 14.7 Å². The SMILES string of the molecule is C[C@H](NC(=O)CN1CCC(C(=O)Nc2cc(Cl)ccc2O)CC1)c1cccc2ccccc12. The Bertz CT molecular complexity index is 1150. The van der Waals surface area contributed by atoms with Gasteiger partial charge in [0.25, 0.3) is 0 Å². The number of aromatic hydroxyl groups is 1. The molecule has 0 aromatic heterocycles. The van der Waals surface area contributed by atoms with E-state index >= 15 is 0 Å². The second-order valence-electron chi connectivity index (χ2n) is 8.56. The number of benzene rings is 3. The average molecular weight is 466 g/mol. The molecule has 0 spiro atoms. The zero-order chi connectivity index (χ0) is 23.4. The molecule has 3 aromatic rings. The first kappa shape index (κ1) is 23.1. The van der Waals surface area contributed by atoms with Crippen LogP contribution in [0.2, 0.25) is 5.02 Å². The highest BCUT2D eigenvalue weighted by molar-refractivity contribution is 6.31. The molecule has 6 nitrogen and oxygen atoms in total. The first-order chi connectivity index (χ1) is 15.9. The van der Waals surface area contributed by atoms with Crippen LogP contribution in [0.3, 0.4) is 0 Å². The van der Waals surface area contributed by atoms with Crippen molar-refractivity contribution in [1.29, 1.82) is 0 Å². The number of halogens is 1. The van der Waals surface area contributed by atoms with Crippen molar-refractivity contribution in [2.75, 3.05) is 25.0 Å². The molecule has 1 atom stereocenters. The lowest BCUT2D eigenvalue weighted by atomic mass is 9.95. The smallest absolute Gasteiger partial charge is 0.234 e. The van der Waals surface area contributed by atoms with Gasteiger partial charge in [-0.05, 0) is 67.4 Å². The van der Waals surface area contributed by atoms with Gasteiger partial charge in [0.1, 0.15) is 5.75 Å². The first-order valence-electron chi connectivity index (χ1n) is 11.2. The lowest BCUT2D eigenvalue weighted by Gasteiger charge is -2.31. The third-order valence-electron chi connectivity index (χ3n) is 6.21. The average Bonchev–Trinajstić information content (AvgIpc) is 2.81. The van der Waals surface area contributed by atoms with Crippen LogP contribution in [0, 0.1) is 5.92 Å². The summed E-state index contributed by atoms with van der Waals surface area (Å²) in [6.45, 7) is 3.63. The fraction of sp³-hybridized carbons (Fsp3) is 0.308. The maximum atomic E-state index is 12.7. The van der Waals surface area contributed by atoms with Crippen LogP contribution in [0.5, 0.6) is 5.75 Å². The minimum atomic E-state index is -0.169. The molecule has 1 fully saturated rings. The van der Waals surface area contributed by atoms with E-state index in [4.69, 9.17) is 11.6 Å². The van der Waals surface area contributed by atoms with Gasteiger partial charge in [0.15, 0.2) is 0 Å². The van der Waals surface area contributed by atoms with Crippen molar-refractivity contribution in [3.05, 3.63) is 71.2 Å². The number of nitrogens with one attached hydrogen (secondary N) is 2. The minimum Gasteiger partial charge on any atom is -0.506 e. The van der Waals surface area contributed by atoms with Gasteiger partial charge in [-0.2, -0.15) is 0 Å². The molecule has 172 valence electrons. The fourth-order valence-electron chi connectivity index (χ4n) is 4.39. The van der Waals surface area contributed by atoms with Crippen LogP contribution in [-0.4, -0.2) is 41.5 Å². The summed E-state index contributed by atoms with van der Waals surface area (Å²) >= 11 is 5.95. The number of hydrogen-bond acceptors (Lipinski definition) is 4. The first-order valence-corrected chi connectivity index (χ1v) is 11.6. The van der Waals surface area contributed by atoms with Crippen molar-refractivity contribution in [3.8, 4) is 5.75 Å². The molecule has 4 rings (SSSR count). The van der Waals surface area contributed by atoms with E-state index < -0.39 is 0 Å². The van der Waals surface area contributed by atoms with E-state index in [0.717, 1.165) is 16.3 Å². The van der Waals surface area contributed by atoms with Crippen molar-refractivity contribution in [2.45, 2.75) is 25.8 Å². The molecule has 1 saturated heterocycles. The lowest BCUT2D eigenvalue weighted by molar-refractivity contribution is -0.124. The summed E-state index contributed by atoms with van der Waals surface area (Å²) < 4.78 is 0. The third kappa shape index (κ3) is 5.64. The maximum Gasteiger partial charge on any atom is 0.234 e. The Morgan fingerprint density at radius 3 is 2.61 bits per heavy atom. The van der Waals surface area contributed by atoms with Gasteiger partial charge in [0, 0.05) is 10.9 Å². The predicted molar refractivity (Wildman–Crippen MR) is 131 cm³/mol. The molecule has 3 aromatic carbocycles. The Balaban J connectivity index is 1.27. The number of piperidine rings is 1. The van der Waals surface area contributed by atoms with Gasteiger partial charge in [-0.3, -0.25) is 14.5 Å². The Morgan fingerprint density at radius 1 is 1.09 bits per heavy atom. The number of nitrogens with zero attached hydrogens (tertiary/aromatic N) is 1. The number of anilines is 1. The van der Waals surface area contributed by atoms with E-state index in [9.17, 15) is 14.7 Å². The predicted octanol–water partition coefficient (Wildman–Crippen LogP) is 4.73. The van der Waals surface area contributed by atoms with Crippen LogP contribution in [0.4, 0.5) is 5.69 Å². The summed E-state index contributed by atoms with van der Waals surface area (Å²) in [5.74, 6) is -0.345. The molecule has 0 saturated carbocycles. The van der Waals surface area contributed by atoms with Gasteiger partial charge in [-0.15, -0.1) is 0 Å². The molecule has 0 bridgehead atoms. The Morgan fingerprint density at radius 2 is 1.82 bits per heavy atom. The zero-order valence-electron chi connectivity index (χ0n) is 18.6. The van der Waals surface area contributed by atoms with E-state index in [1.807, 2.05) is 25.1 Å². The number of likely N-dealkylation sites (tertiary alicyclic amines) is 1. The van der Waals surface area contributed by atoms with E-state index in [0.29, 0.717) is 43.2 Å². The number of carbonyl (C=O) groups is 2. The molecule has 1 aliphatic heterocycles. The summed E-state index contributed by atoms with van der Waals surface area (Å²) in [5, 5.41) is 18.5. The van der Waals surface area contributed by atoms with E-state index in [2.05, 4.69) is 39.8 Å². The van der Waals surface area contributed by atoms with Crippen LogP contribution in [0.25, 0.3) is 10.8 Å². The van der Waals surface area contributed by atoms with E-state index in [1.165, 1.54) is 12.1 Å². The highest BCUT2D eigenvalue weighted by Gasteiger charge is 2.27. The highest BCUT2D eigenvalue weighted by atomic mass is 35.5. The van der Waals surface area contributed by atoms with E-state index in [-0.39, 0.29) is 29.5 Å². The molecular formula is C26H28ClN3O3. The minimum absolute atomic E-state index is 0.0119. The van der Waals surface area contributed by atoms with Crippen molar-refractivity contribution in [2.24, 2.45) is 5.92 Å². The number of fused-ring (bicyclic) bond motifs is 1. The molecule has 0 radical (unpaired) electrons. The van der Waals surface area contributed by atoms with Crippen LogP contribution in [-0.2, 0) is 9.59 Å². The standard InChI is InChI=1S/C26H28ClN3O3/c1-17(21-8-4-6-18-5-2-3-7-22(18)21)28-25(32)16-30-13-11-19(12-14-30)26(33)29-23-15-20(27)9-10-24(23)31/h2-10,15,17,19,31H,11-14,16H2,1H3,(H,28,32)(H,29,33)/t17-/m0/s1. The second-order valence-corrected chi connectivity index (χ2v) is 9.00. The topological polar surface area (TPSA) is 81.7 Å². The number of phenols is 1. The Kier molecular flexibility index (Phi) is 7.16. The molecule has 33 heavy (non-hydrogen) atoms. The highest BCUT2D eigenvalue weighted by Crippen LogP contribution is 2.28. The molecule has 1 aliphatic rings. The fourth-order valence-corrected chi connectivity index (χ4v) is 4.56.